The lowest BCUT2D eigenvalue weighted by molar-refractivity contribution is -0.137. The minimum atomic E-state index is -4.39. The molecule has 6 heteroatoms. The first-order valence-corrected chi connectivity index (χ1v) is 8.13. The first kappa shape index (κ1) is 17.3. The predicted octanol–water partition coefficient (Wildman–Crippen LogP) is 3.98. The van der Waals surface area contributed by atoms with E-state index in [0.717, 1.165) is 17.8 Å². The number of carbonyl (C=O) groups is 1. The van der Waals surface area contributed by atoms with Gasteiger partial charge in [-0.25, -0.2) is 0 Å². The van der Waals surface area contributed by atoms with Crippen LogP contribution in [0.15, 0.2) is 48.5 Å². The number of piperazine rings is 1. The van der Waals surface area contributed by atoms with Crippen molar-refractivity contribution in [1.29, 1.82) is 0 Å². The fraction of sp³-hybridized carbons (Fsp3) is 0.316. The Kier molecular flexibility index (Phi) is 4.70. The predicted molar refractivity (Wildman–Crippen MR) is 90.7 cm³/mol. The quantitative estimate of drug-likeness (QED) is 0.820. The highest BCUT2D eigenvalue weighted by atomic mass is 19.4. The van der Waals surface area contributed by atoms with Crippen LogP contribution >= 0.6 is 0 Å². The van der Waals surface area contributed by atoms with Crippen LogP contribution in [0.4, 0.5) is 18.9 Å². The number of halogens is 3. The summed E-state index contributed by atoms with van der Waals surface area (Å²) in [4.78, 5) is 16.4. The zero-order valence-electron chi connectivity index (χ0n) is 13.9. The summed E-state index contributed by atoms with van der Waals surface area (Å²) < 4.78 is 37.8. The van der Waals surface area contributed by atoms with E-state index in [4.69, 9.17) is 0 Å². The average Bonchev–Trinajstić information content (AvgIpc) is 2.61. The van der Waals surface area contributed by atoms with Crippen LogP contribution in [0.1, 0.15) is 21.5 Å². The number of para-hydroxylation sites is 1. The summed E-state index contributed by atoms with van der Waals surface area (Å²) in [7, 11) is 0. The second-order valence-electron chi connectivity index (χ2n) is 6.14. The smallest absolute Gasteiger partial charge is 0.368 e. The van der Waals surface area contributed by atoms with Gasteiger partial charge in [-0.3, -0.25) is 4.79 Å². The van der Waals surface area contributed by atoms with E-state index in [1.54, 1.807) is 4.90 Å². The number of anilines is 1. The van der Waals surface area contributed by atoms with E-state index in [0.29, 0.717) is 26.2 Å². The van der Waals surface area contributed by atoms with Crippen molar-refractivity contribution in [2.75, 3.05) is 31.1 Å². The number of hydrogen-bond acceptors (Lipinski definition) is 2. The minimum Gasteiger partial charge on any atom is -0.368 e. The van der Waals surface area contributed by atoms with Gasteiger partial charge in [0.2, 0.25) is 0 Å². The highest BCUT2D eigenvalue weighted by Crippen LogP contribution is 2.29. The molecule has 0 atom stereocenters. The van der Waals surface area contributed by atoms with Crippen molar-refractivity contribution >= 4 is 11.6 Å². The number of alkyl halides is 3. The van der Waals surface area contributed by atoms with Crippen LogP contribution in [0, 0.1) is 6.92 Å². The van der Waals surface area contributed by atoms with Crippen LogP contribution in [0.3, 0.4) is 0 Å². The Morgan fingerprint density at radius 1 is 0.920 bits per heavy atom. The zero-order valence-corrected chi connectivity index (χ0v) is 13.9. The molecule has 0 spiro atoms. The summed E-state index contributed by atoms with van der Waals surface area (Å²) in [5, 5.41) is 0. The molecule has 132 valence electrons. The Morgan fingerprint density at radius 3 is 2.08 bits per heavy atom. The molecule has 0 saturated carbocycles. The molecule has 0 aliphatic carbocycles. The van der Waals surface area contributed by atoms with E-state index in [-0.39, 0.29) is 11.5 Å². The summed E-state index contributed by atoms with van der Waals surface area (Å²) in [6.07, 6.45) is -4.39. The Labute approximate surface area is 144 Å². The van der Waals surface area contributed by atoms with Crippen molar-refractivity contribution in [3.05, 3.63) is 65.2 Å². The van der Waals surface area contributed by atoms with Crippen LogP contribution in [0.5, 0.6) is 0 Å². The molecule has 0 bridgehead atoms. The van der Waals surface area contributed by atoms with Gasteiger partial charge in [0.25, 0.3) is 5.91 Å². The van der Waals surface area contributed by atoms with Gasteiger partial charge in [-0.05, 0) is 42.8 Å². The fourth-order valence-corrected chi connectivity index (χ4v) is 3.05. The Morgan fingerprint density at radius 2 is 1.52 bits per heavy atom. The van der Waals surface area contributed by atoms with E-state index >= 15 is 0 Å². The maximum absolute atomic E-state index is 12.6. The standard InChI is InChI=1S/C19H19F3N2O/c1-14-4-2-3-5-17(14)23-10-12-24(13-11-23)18(25)15-6-8-16(9-7-15)19(20,21)22/h2-9H,10-13H2,1H3. The number of aryl methyl sites for hydroxylation is 1. The fourth-order valence-electron chi connectivity index (χ4n) is 3.05. The van der Waals surface area contributed by atoms with E-state index in [2.05, 4.69) is 24.0 Å². The zero-order chi connectivity index (χ0) is 18.0. The second-order valence-corrected chi connectivity index (χ2v) is 6.14. The SMILES string of the molecule is Cc1ccccc1N1CCN(C(=O)c2ccc(C(F)(F)F)cc2)CC1. The van der Waals surface area contributed by atoms with Crippen molar-refractivity contribution in [1.82, 2.24) is 4.90 Å². The largest absolute Gasteiger partial charge is 0.416 e. The summed E-state index contributed by atoms with van der Waals surface area (Å²) >= 11 is 0. The second kappa shape index (κ2) is 6.78. The molecule has 1 saturated heterocycles. The number of carbonyl (C=O) groups excluding carboxylic acids is 1. The summed E-state index contributed by atoms with van der Waals surface area (Å²) in [6, 6.07) is 12.5. The maximum atomic E-state index is 12.6. The van der Waals surface area contributed by atoms with Crippen molar-refractivity contribution < 1.29 is 18.0 Å². The van der Waals surface area contributed by atoms with E-state index in [1.807, 2.05) is 12.1 Å². The van der Waals surface area contributed by atoms with Crippen LogP contribution in [0.25, 0.3) is 0 Å². The third kappa shape index (κ3) is 3.78. The molecule has 1 fully saturated rings. The van der Waals surface area contributed by atoms with Gasteiger partial charge in [0.1, 0.15) is 0 Å². The summed E-state index contributed by atoms with van der Waals surface area (Å²) in [5.41, 5.74) is 1.89. The lowest BCUT2D eigenvalue weighted by Crippen LogP contribution is -2.49. The molecular weight excluding hydrogens is 329 g/mol. The highest BCUT2D eigenvalue weighted by molar-refractivity contribution is 5.94. The molecule has 1 amide bonds. The first-order valence-electron chi connectivity index (χ1n) is 8.13. The first-order chi connectivity index (χ1) is 11.9. The Bertz CT molecular complexity index is 748. The lowest BCUT2D eigenvalue weighted by Gasteiger charge is -2.36. The Balaban J connectivity index is 1.65. The molecule has 0 aromatic heterocycles. The van der Waals surface area contributed by atoms with E-state index < -0.39 is 11.7 Å². The molecule has 1 aliphatic rings. The Hall–Kier alpha value is -2.50. The molecule has 2 aromatic carbocycles. The number of amides is 1. The van der Waals surface area contributed by atoms with Gasteiger partial charge in [0.05, 0.1) is 5.56 Å². The van der Waals surface area contributed by atoms with Crippen LogP contribution < -0.4 is 4.90 Å². The number of rotatable bonds is 2. The average molecular weight is 348 g/mol. The van der Waals surface area contributed by atoms with Crippen LogP contribution in [0.2, 0.25) is 0 Å². The van der Waals surface area contributed by atoms with Gasteiger partial charge in [-0.1, -0.05) is 18.2 Å². The van der Waals surface area contributed by atoms with Gasteiger partial charge in [-0.2, -0.15) is 13.2 Å². The van der Waals surface area contributed by atoms with Gasteiger partial charge in [0.15, 0.2) is 0 Å². The molecule has 0 radical (unpaired) electrons. The molecule has 1 aliphatic heterocycles. The molecule has 0 N–H and O–H groups in total. The van der Waals surface area contributed by atoms with Crippen LogP contribution in [-0.4, -0.2) is 37.0 Å². The minimum absolute atomic E-state index is 0.224. The van der Waals surface area contributed by atoms with Gasteiger partial charge < -0.3 is 9.80 Å². The molecule has 3 rings (SSSR count). The van der Waals surface area contributed by atoms with Crippen molar-refractivity contribution in [3.8, 4) is 0 Å². The third-order valence-electron chi connectivity index (χ3n) is 4.48. The van der Waals surface area contributed by atoms with Gasteiger partial charge >= 0.3 is 6.18 Å². The van der Waals surface area contributed by atoms with Gasteiger partial charge in [-0.15, -0.1) is 0 Å². The highest BCUT2D eigenvalue weighted by Gasteiger charge is 2.30. The van der Waals surface area contributed by atoms with Crippen LogP contribution in [-0.2, 0) is 6.18 Å². The molecule has 3 nitrogen and oxygen atoms in total. The molecule has 25 heavy (non-hydrogen) atoms. The summed E-state index contributed by atoms with van der Waals surface area (Å²) in [6.45, 7) is 4.56. The number of nitrogens with zero attached hydrogens (tertiary/aromatic N) is 2. The lowest BCUT2D eigenvalue weighted by atomic mass is 10.1. The number of hydrogen-bond donors (Lipinski definition) is 0. The molecule has 0 unspecified atom stereocenters. The van der Waals surface area contributed by atoms with Gasteiger partial charge in [0, 0.05) is 37.4 Å². The normalized spacial score (nSPS) is 15.4. The molecule has 2 aromatic rings. The van der Waals surface area contributed by atoms with Crippen molar-refractivity contribution in [2.24, 2.45) is 0 Å². The number of benzene rings is 2. The summed E-state index contributed by atoms with van der Waals surface area (Å²) in [5.74, 6) is -0.224. The van der Waals surface area contributed by atoms with E-state index in [1.165, 1.54) is 17.7 Å². The molecular formula is C19H19F3N2O. The topological polar surface area (TPSA) is 23.6 Å². The van der Waals surface area contributed by atoms with Crippen molar-refractivity contribution in [2.45, 2.75) is 13.1 Å². The molecule has 1 heterocycles. The monoisotopic (exact) mass is 348 g/mol. The maximum Gasteiger partial charge on any atom is 0.416 e. The van der Waals surface area contributed by atoms with E-state index in [9.17, 15) is 18.0 Å². The third-order valence-corrected chi connectivity index (χ3v) is 4.48. The van der Waals surface area contributed by atoms with Crippen molar-refractivity contribution in [3.63, 3.8) is 0 Å².